The minimum atomic E-state index is -0.252. The Labute approximate surface area is 119 Å². The van der Waals surface area contributed by atoms with Gasteiger partial charge in [-0.15, -0.1) is 0 Å². The summed E-state index contributed by atoms with van der Waals surface area (Å²) in [4.78, 5) is 16.6. The van der Waals surface area contributed by atoms with E-state index in [-0.39, 0.29) is 17.3 Å². The highest BCUT2D eigenvalue weighted by atomic mass is 16.3. The Balaban J connectivity index is 1.95. The lowest BCUT2D eigenvalue weighted by atomic mass is 10.0. The van der Waals surface area contributed by atoms with E-state index in [1.54, 1.807) is 6.07 Å². The summed E-state index contributed by atoms with van der Waals surface area (Å²) in [7, 11) is 4.08. The maximum atomic E-state index is 12.2. The second-order valence-electron chi connectivity index (χ2n) is 5.58. The molecule has 0 atom stereocenters. The van der Waals surface area contributed by atoms with Gasteiger partial charge in [-0.25, -0.2) is 0 Å². The fraction of sp³-hybridized carbons (Fsp3) is 0.533. The lowest BCUT2D eigenvalue weighted by Crippen LogP contribution is -2.43. The molecule has 5 heteroatoms. The first kappa shape index (κ1) is 14.8. The van der Waals surface area contributed by atoms with Crippen molar-refractivity contribution in [2.45, 2.75) is 18.9 Å². The number of likely N-dealkylation sites (tertiary alicyclic amines) is 1. The molecule has 1 aromatic rings. The lowest BCUT2D eigenvalue weighted by molar-refractivity contribution is 0.0871. The second-order valence-corrected chi connectivity index (χ2v) is 5.58. The summed E-state index contributed by atoms with van der Waals surface area (Å²) in [6.45, 7) is 2.45. The summed E-state index contributed by atoms with van der Waals surface area (Å²) < 4.78 is 0. The zero-order chi connectivity index (χ0) is 14.7. The normalized spacial score (nSPS) is 17.6. The molecule has 0 amide bonds. The van der Waals surface area contributed by atoms with Gasteiger partial charge in [-0.3, -0.25) is 9.69 Å². The molecular formula is C15H22N2O3. The number of carbonyl (C=O) groups is 1. The number of ketones is 1. The summed E-state index contributed by atoms with van der Waals surface area (Å²) in [6.07, 6.45) is 2.14. The smallest absolute Gasteiger partial charge is 0.176 e. The molecule has 1 aromatic carbocycles. The van der Waals surface area contributed by atoms with Crippen LogP contribution in [-0.2, 0) is 0 Å². The van der Waals surface area contributed by atoms with Gasteiger partial charge < -0.3 is 15.1 Å². The van der Waals surface area contributed by atoms with Gasteiger partial charge in [0.2, 0.25) is 0 Å². The number of hydrogen-bond donors (Lipinski definition) is 2. The van der Waals surface area contributed by atoms with Gasteiger partial charge in [-0.2, -0.15) is 0 Å². The quantitative estimate of drug-likeness (QED) is 0.642. The number of likely N-dealkylation sites (N-methyl/N-ethyl adjacent to an activating group) is 1. The van der Waals surface area contributed by atoms with Crippen LogP contribution in [0.4, 0.5) is 0 Å². The van der Waals surface area contributed by atoms with Crippen LogP contribution in [0.3, 0.4) is 0 Å². The van der Waals surface area contributed by atoms with Crippen LogP contribution < -0.4 is 0 Å². The molecule has 1 heterocycles. The average Bonchev–Trinajstić information content (AvgIpc) is 2.42. The molecule has 1 aliphatic rings. The molecule has 0 aromatic heterocycles. The van der Waals surface area contributed by atoms with E-state index >= 15 is 0 Å². The van der Waals surface area contributed by atoms with Gasteiger partial charge in [0, 0.05) is 11.6 Å². The Morgan fingerprint density at radius 1 is 1.30 bits per heavy atom. The van der Waals surface area contributed by atoms with Crippen LogP contribution >= 0.6 is 0 Å². The molecular weight excluding hydrogens is 256 g/mol. The predicted molar refractivity (Wildman–Crippen MR) is 77.3 cm³/mol. The number of phenolic OH excluding ortho intramolecular Hbond substituents is 2. The van der Waals surface area contributed by atoms with Crippen molar-refractivity contribution in [1.82, 2.24) is 9.80 Å². The highest BCUT2D eigenvalue weighted by molar-refractivity contribution is 5.98. The van der Waals surface area contributed by atoms with Crippen LogP contribution in [0.1, 0.15) is 23.2 Å². The summed E-state index contributed by atoms with van der Waals surface area (Å²) in [5.41, 5.74) is 0.431. The SMILES string of the molecule is CN1CCC(N(C)CC(=O)c2ccc(O)c(O)c2)CC1. The summed E-state index contributed by atoms with van der Waals surface area (Å²) in [5, 5.41) is 18.7. The van der Waals surface area contributed by atoms with E-state index in [1.807, 2.05) is 7.05 Å². The molecule has 2 N–H and O–H groups in total. The monoisotopic (exact) mass is 278 g/mol. The third-order valence-electron chi connectivity index (χ3n) is 4.00. The Morgan fingerprint density at radius 3 is 2.55 bits per heavy atom. The van der Waals surface area contributed by atoms with Gasteiger partial charge in [-0.1, -0.05) is 0 Å². The average molecular weight is 278 g/mol. The van der Waals surface area contributed by atoms with E-state index in [0.717, 1.165) is 25.9 Å². The Hall–Kier alpha value is -1.59. The van der Waals surface area contributed by atoms with Crippen LogP contribution in [0.25, 0.3) is 0 Å². The Morgan fingerprint density at radius 2 is 1.95 bits per heavy atom. The topological polar surface area (TPSA) is 64.0 Å². The molecule has 1 fully saturated rings. The van der Waals surface area contributed by atoms with Crippen molar-refractivity contribution in [3.05, 3.63) is 23.8 Å². The van der Waals surface area contributed by atoms with Crippen molar-refractivity contribution in [2.75, 3.05) is 33.7 Å². The molecule has 0 bridgehead atoms. The van der Waals surface area contributed by atoms with Gasteiger partial charge in [0.05, 0.1) is 6.54 Å². The highest BCUT2D eigenvalue weighted by Crippen LogP contribution is 2.25. The second kappa shape index (κ2) is 6.24. The van der Waals surface area contributed by atoms with Gasteiger partial charge in [0.15, 0.2) is 17.3 Å². The molecule has 110 valence electrons. The molecule has 2 rings (SSSR count). The van der Waals surface area contributed by atoms with E-state index in [0.29, 0.717) is 18.2 Å². The fourth-order valence-electron chi connectivity index (χ4n) is 2.58. The minimum Gasteiger partial charge on any atom is -0.504 e. The molecule has 0 aliphatic carbocycles. The van der Waals surface area contributed by atoms with Crippen molar-refractivity contribution in [1.29, 1.82) is 0 Å². The van der Waals surface area contributed by atoms with Crippen molar-refractivity contribution < 1.29 is 15.0 Å². The number of nitrogens with zero attached hydrogens (tertiary/aromatic N) is 2. The number of piperidine rings is 1. The van der Waals surface area contributed by atoms with Gasteiger partial charge in [0.25, 0.3) is 0 Å². The number of benzene rings is 1. The van der Waals surface area contributed by atoms with Crippen LogP contribution in [0, 0.1) is 0 Å². The lowest BCUT2D eigenvalue weighted by Gasteiger charge is -2.34. The number of phenols is 2. The number of rotatable bonds is 4. The summed E-state index contributed by atoms with van der Waals surface area (Å²) in [5.74, 6) is -0.496. The number of aromatic hydroxyl groups is 2. The van der Waals surface area contributed by atoms with Crippen LogP contribution in [0.15, 0.2) is 18.2 Å². The first-order valence-electron chi connectivity index (χ1n) is 6.91. The Bertz CT molecular complexity index is 482. The van der Waals surface area contributed by atoms with Crippen molar-refractivity contribution in [2.24, 2.45) is 0 Å². The molecule has 0 radical (unpaired) electrons. The van der Waals surface area contributed by atoms with E-state index in [1.165, 1.54) is 12.1 Å². The maximum absolute atomic E-state index is 12.2. The Kier molecular flexibility index (Phi) is 4.62. The first-order valence-corrected chi connectivity index (χ1v) is 6.91. The van der Waals surface area contributed by atoms with E-state index in [2.05, 4.69) is 16.8 Å². The van der Waals surface area contributed by atoms with Crippen LogP contribution in [0.5, 0.6) is 11.5 Å². The van der Waals surface area contributed by atoms with Crippen molar-refractivity contribution in [3.8, 4) is 11.5 Å². The van der Waals surface area contributed by atoms with E-state index in [4.69, 9.17) is 0 Å². The van der Waals surface area contributed by atoms with Gasteiger partial charge in [0.1, 0.15) is 0 Å². The maximum Gasteiger partial charge on any atom is 0.176 e. The summed E-state index contributed by atoms with van der Waals surface area (Å²) >= 11 is 0. The standard InChI is InChI=1S/C15H22N2O3/c1-16-7-5-12(6-8-16)17(2)10-15(20)11-3-4-13(18)14(19)9-11/h3-4,9,12,18-19H,5-8,10H2,1-2H3. The third-order valence-corrected chi connectivity index (χ3v) is 4.00. The van der Waals surface area contributed by atoms with E-state index < -0.39 is 0 Å². The van der Waals surface area contributed by atoms with E-state index in [9.17, 15) is 15.0 Å². The van der Waals surface area contributed by atoms with Crippen LogP contribution in [-0.4, -0.2) is 65.6 Å². The zero-order valence-corrected chi connectivity index (χ0v) is 12.0. The molecule has 1 saturated heterocycles. The van der Waals surface area contributed by atoms with Gasteiger partial charge >= 0.3 is 0 Å². The zero-order valence-electron chi connectivity index (χ0n) is 12.0. The number of Topliss-reactive ketones (excluding diaryl/α,β-unsaturated/α-hetero) is 1. The number of hydrogen-bond acceptors (Lipinski definition) is 5. The molecule has 0 saturated carbocycles. The summed E-state index contributed by atoms with van der Waals surface area (Å²) in [6, 6.07) is 4.64. The van der Waals surface area contributed by atoms with Crippen molar-refractivity contribution in [3.63, 3.8) is 0 Å². The molecule has 5 nitrogen and oxygen atoms in total. The number of carbonyl (C=O) groups excluding carboxylic acids is 1. The van der Waals surface area contributed by atoms with Gasteiger partial charge in [-0.05, 0) is 58.2 Å². The molecule has 0 spiro atoms. The van der Waals surface area contributed by atoms with Crippen LogP contribution in [0.2, 0.25) is 0 Å². The minimum absolute atomic E-state index is 0.0401. The fourth-order valence-corrected chi connectivity index (χ4v) is 2.58. The third kappa shape index (κ3) is 3.49. The molecule has 0 unspecified atom stereocenters. The molecule has 1 aliphatic heterocycles. The predicted octanol–water partition coefficient (Wildman–Crippen LogP) is 1.31. The largest absolute Gasteiger partial charge is 0.504 e. The first-order chi connectivity index (χ1) is 9.47. The highest BCUT2D eigenvalue weighted by Gasteiger charge is 2.22. The van der Waals surface area contributed by atoms with Crippen molar-refractivity contribution >= 4 is 5.78 Å². The molecule has 20 heavy (non-hydrogen) atoms.